The van der Waals surface area contributed by atoms with Gasteiger partial charge in [0.05, 0.1) is 11.7 Å². The van der Waals surface area contributed by atoms with E-state index in [4.69, 9.17) is 0 Å². The predicted octanol–water partition coefficient (Wildman–Crippen LogP) is 4.45. The number of carbonyl (C=O) groups is 1. The molecule has 0 fully saturated rings. The van der Waals surface area contributed by atoms with Crippen LogP contribution in [0.5, 0.6) is 5.75 Å². The lowest BCUT2D eigenvalue weighted by Gasteiger charge is -2.17. The summed E-state index contributed by atoms with van der Waals surface area (Å²) in [5, 5.41) is 4.77. The number of amides is 2. The predicted molar refractivity (Wildman–Crippen MR) is 80.0 cm³/mol. The summed E-state index contributed by atoms with van der Waals surface area (Å²) < 4.78 is 55.5. The minimum Gasteiger partial charge on any atom is -0.433 e. The molecule has 2 aromatic carbocycles. The Morgan fingerprint density at radius 3 is 2.50 bits per heavy atom. The van der Waals surface area contributed by atoms with Crippen molar-refractivity contribution in [1.82, 2.24) is 5.32 Å². The molecule has 0 bridgehead atoms. The van der Waals surface area contributed by atoms with Gasteiger partial charge in [0.1, 0.15) is 17.4 Å². The van der Waals surface area contributed by atoms with E-state index >= 15 is 0 Å². The highest BCUT2D eigenvalue weighted by Gasteiger charge is 2.16. The number of hydrogen-bond donors (Lipinski definition) is 2. The van der Waals surface area contributed by atoms with Crippen molar-refractivity contribution in [2.45, 2.75) is 19.6 Å². The Hall–Kier alpha value is -2.77. The Bertz CT molecular complexity index is 725. The fourth-order valence-corrected chi connectivity index (χ4v) is 2.05. The molecule has 2 rings (SSSR count). The number of ether oxygens (including phenoxy) is 1. The summed E-state index contributed by atoms with van der Waals surface area (Å²) in [5.74, 6) is -1.74. The van der Waals surface area contributed by atoms with Crippen molar-refractivity contribution in [3.05, 3.63) is 59.7 Å². The standard InChI is InChI=1S/C16H14F4N2O2/c1-9(11-7-6-10(17)8-12(11)18)21-16(23)22-13-4-2-3-5-14(13)24-15(19)20/h2-9,15H,1H3,(H2,21,22,23). The average molecular weight is 342 g/mol. The molecular formula is C16H14F4N2O2. The maximum Gasteiger partial charge on any atom is 0.387 e. The number of carbonyl (C=O) groups excluding carboxylic acids is 1. The molecule has 0 aliphatic heterocycles. The van der Waals surface area contributed by atoms with Gasteiger partial charge in [-0.3, -0.25) is 0 Å². The Kier molecular flexibility index (Phi) is 5.62. The van der Waals surface area contributed by atoms with Crippen molar-refractivity contribution in [1.29, 1.82) is 0 Å². The first-order valence-electron chi connectivity index (χ1n) is 6.93. The molecule has 0 radical (unpaired) electrons. The minimum absolute atomic E-state index is 0.0297. The highest BCUT2D eigenvalue weighted by atomic mass is 19.3. The summed E-state index contributed by atoms with van der Waals surface area (Å²) in [6, 6.07) is 7.10. The van der Waals surface area contributed by atoms with Gasteiger partial charge in [-0.2, -0.15) is 8.78 Å². The Balaban J connectivity index is 2.05. The van der Waals surface area contributed by atoms with Crippen LogP contribution < -0.4 is 15.4 Å². The van der Waals surface area contributed by atoms with Crippen molar-refractivity contribution in [2.24, 2.45) is 0 Å². The van der Waals surface area contributed by atoms with Crippen LogP contribution in [-0.2, 0) is 0 Å². The fraction of sp³-hybridized carbons (Fsp3) is 0.188. The lowest BCUT2D eigenvalue weighted by Crippen LogP contribution is -2.31. The van der Waals surface area contributed by atoms with Gasteiger partial charge < -0.3 is 15.4 Å². The number of rotatable bonds is 5. The monoisotopic (exact) mass is 342 g/mol. The molecule has 0 aliphatic carbocycles. The third-order valence-corrected chi connectivity index (χ3v) is 3.13. The van der Waals surface area contributed by atoms with Crippen LogP contribution >= 0.6 is 0 Å². The molecule has 1 atom stereocenters. The van der Waals surface area contributed by atoms with E-state index in [2.05, 4.69) is 15.4 Å². The first-order valence-corrected chi connectivity index (χ1v) is 6.93. The van der Waals surface area contributed by atoms with Gasteiger partial charge in [0.25, 0.3) is 0 Å². The second kappa shape index (κ2) is 7.67. The maximum atomic E-state index is 13.7. The van der Waals surface area contributed by atoms with Gasteiger partial charge in [-0.25, -0.2) is 13.6 Å². The summed E-state index contributed by atoms with van der Waals surface area (Å²) in [6.45, 7) is -1.54. The number of nitrogens with one attached hydrogen (secondary N) is 2. The number of hydrogen-bond acceptors (Lipinski definition) is 2. The van der Waals surface area contributed by atoms with Gasteiger partial charge in [-0.15, -0.1) is 0 Å². The summed E-state index contributed by atoms with van der Waals surface area (Å²) in [7, 11) is 0. The summed E-state index contributed by atoms with van der Waals surface area (Å²) in [5.41, 5.74) is 0.116. The molecule has 4 nitrogen and oxygen atoms in total. The van der Waals surface area contributed by atoms with Crippen molar-refractivity contribution in [3.63, 3.8) is 0 Å². The lowest BCUT2D eigenvalue weighted by atomic mass is 10.1. The van der Waals surface area contributed by atoms with E-state index in [1.165, 1.54) is 37.3 Å². The Morgan fingerprint density at radius 1 is 1.12 bits per heavy atom. The van der Waals surface area contributed by atoms with E-state index in [1.807, 2.05) is 0 Å². The van der Waals surface area contributed by atoms with Gasteiger partial charge >= 0.3 is 12.6 Å². The second-order valence-electron chi connectivity index (χ2n) is 4.86. The first kappa shape index (κ1) is 17.6. The number of alkyl halides is 2. The third kappa shape index (κ3) is 4.61. The smallest absolute Gasteiger partial charge is 0.387 e. The second-order valence-corrected chi connectivity index (χ2v) is 4.86. The van der Waals surface area contributed by atoms with Gasteiger partial charge in [0, 0.05) is 11.6 Å². The average Bonchev–Trinajstić information content (AvgIpc) is 2.48. The van der Waals surface area contributed by atoms with Crippen LogP contribution in [0, 0.1) is 11.6 Å². The molecule has 24 heavy (non-hydrogen) atoms. The van der Waals surface area contributed by atoms with Gasteiger partial charge in [-0.05, 0) is 25.1 Å². The molecule has 2 N–H and O–H groups in total. The molecule has 0 saturated heterocycles. The Labute approximate surface area is 135 Å². The van der Waals surface area contributed by atoms with Crippen molar-refractivity contribution < 1.29 is 27.1 Å². The van der Waals surface area contributed by atoms with Crippen molar-refractivity contribution in [3.8, 4) is 5.75 Å². The minimum atomic E-state index is -3.04. The third-order valence-electron chi connectivity index (χ3n) is 3.13. The van der Waals surface area contributed by atoms with Gasteiger partial charge in [0.15, 0.2) is 0 Å². The van der Waals surface area contributed by atoms with E-state index in [0.717, 1.165) is 6.07 Å². The van der Waals surface area contributed by atoms with E-state index in [1.54, 1.807) is 0 Å². The number of halogens is 4. The molecule has 1 unspecified atom stereocenters. The number of urea groups is 1. The highest BCUT2D eigenvalue weighted by Crippen LogP contribution is 2.25. The molecule has 2 amide bonds. The van der Waals surface area contributed by atoms with E-state index < -0.39 is 30.3 Å². The van der Waals surface area contributed by atoms with Crippen LogP contribution in [0.25, 0.3) is 0 Å². The summed E-state index contributed by atoms with van der Waals surface area (Å²) >= 11 is 0. The zero-order chi connectivity index (χ0) is 17.7. The van der Waals surface area contributed by atoms with Gasteiger partial charge in [-0.1, -0.05) is 18.2 Å². The SMILES string of the molecule is CC(NC(=O)Nc1ccccc1OC(F)F)c1ccc(F)cc1F. The van der Waals surface area contributed by atoms with Crippen LogP contribution in [0.4, 0.5) is 28.0 Å². The topological polar surface area (TPSA) is 50.4 Å². The highest BCUT2D eigenvalue weighted by molar-refractivity contribution is 5.91. The molecule has 0 heterocycles. The Morgan fingerprint density at radius 2 is 1.83 bits per heavy atom. The summed E-state index contributed by atoms with van der Waals surface area (Å²) in [4.78, 5) is 12.0. The molecule has 2 aromatic rings. The molecule has 0 saturated carbocycles. The maximum absolute atomic E-state index is 13.7. The van der Waals surface area contributed by atoms with Crippen LogP contribution in [0.1, 0.15) is 18.5 Å². The van der Waals surface area contributed by atoms with Crippen LogP contribution in [0.2, 0.25) is 0 Å². The number of para-hydroxylation sites is 2. The molecule has 0 aromatic heterocycles. The molecule has 0 aliphatic rings. The molecule has 128 valence electrons. The first-order chi connectivity index (χ1) is 11.4. The quantitative estimate of drug-likeness (QED) is 0.789. The van der Waals surface area contributed by atoms with Gasteiger partial charge in [0.2, 0.25) is 0 Å². The fourth-order valence-electron chi connectivity index (χ4n) is 2.05. The zero-order valence-corrected chi connectivity index (χ0v) is 12.5. The summed E-state index contributed by atoms with van der Waals surface area (Å²) in [6.07, 6.45) is 0. The normalized spacial score (nSPS) is 11.9. The number of benzene rings is 2. The lowest BCUT2D eigenvalue weighted by molar-refractivity contribution is -0.0493. The zero-order valence-electron chi connectivity index (χ0n) is 12.5. The van der Waals surface area contributed by atoms with Crippen LogP contribution in [0.3, 0.4) is 0 Å². The number of anilines is 1. The van der Waals surface area contributed by atoms with Crippen molar-refractivity contribution >= 4 is 11.7 Å². The molecule has 8 heteroatoms. The van der Waals surface area contributed by atoms with Crippen molar-refractivity contribution in [2.75, 3.05) is 5.32 Å². The van der Waals surface area contributed by atoms with Crippen LogP contribution in [-0.4, -0.2) is 12.6 Å². The van der Waals surface area contributed by atoms with Crippen LogP contribution in [0.15, 0.2) is 42.5 Å². The molecule has 0 spiro atoms. The largest absolute Gasteiger partial charge is 0.433 e. The van der Waals surface area contributed by atoms with E-state index in [9.17, 15) is 22.4 Å². The van der Waals surface area contributed by atoms with E-state index in [0.29, 0.717) is 6.07 Å². The van der Waals surface area contributed by atoms with E-state index in [-0.39, 0.29) is 17.0 Å². The molecular weight excluding hydrogens is 328 g/mol.